The summed E-state index contributed by atoms with van der Waals surface area (Å²) in [7, 11) is -3.84. The zero-order chi connectivity index (χ0) is 19.4. The van der Waals surface area contributed by atoms with Crippen LogP contribution in [0.5, 0.6) is 0 Å². The molecule has 0 bridgehead atoms. The lowest BCUT2D eigenvalue weighted by Crippen LogP contribution is -2.34. The molecule has 3 rings (SSSR count). The fraction of sp³-hybridized carbons (Fsp3) is 0.250. The lowest BCUT2D eigenvalue weighted by atomic mass is 10.1. The van der Waals surface area contributed by atoms with Gasteiger partial charge in [-0.15, -0.1) is 0 Å². The van der Waals surface area contributed by atoms with Crippen LogP contribution in [0.4, 0.5) is 5.82 Å². The van der Waals surface area contributed by atoms with Crippen LogP contribution in [0.25, 0.3) is 10.9 Å². The van der Waals surface area contributed by atoms with E-state index in [1.54, 1.807) is 30.5 Å². The fourth-order valence-corrected chi connectivity index (χ4v) is 4.89. The third kappa shape index (κ3) is 3.69. The van der Waals surface area contributed by atoms with Crippen LogP contribution in [0, 0.1) is 0 Å². The van der Waals surface area contributed by atoms with Gasteiger partial charge in [0, 0.05) is 11.9 Å². The first kappa shape index (κ1) is 19.4. The van der Waals surface area contributed by atoms with Crippen LogP contribution >= 0.6 is 7.60 Å². The standard InChI is InChI=1S/C20H23N2O4P/c1-3-25-27(24,26-4-2)19-18(23)16-12-8-9-13-17(16)22(20(19)21)14-15-10-6-5-7-11-15/h5-13H,3-4,14,21H2,1-2H3. The van der Waals surface area contributed by atoms with Crippen LogP contribution in [0.15, 0.2) is 59.4 Å². The van der Waals surface area contributed by atoms with E-state index in [1.807, 2.05) is 42.5 Å². The molecule has 2 N–H and O–H groups in total. The van der Waals surface area contributed by atoms with Crippen molar-refractivity contribution in [1.29, 1.82) is 0 Å². The largest absolute Gasteiger partial charge is 0.384 e. The third-order valence-electron chi connectivity index (χ3n) is 4.24. The van der Waals surface area contributed by atoms with Crippen LogP contribution in [0.2, 0.25) is 0 Å². The Morgan fingerprint density at radius 3 is 2.19 bits per heavy atom. The summed E-state index contributed by atoms with van der Waals surface area (Å²) < 4.78 is 26.0. The number of nitrogens with two attached hydrogens (primary N) is 1. The van der Waals surface area contributed by atoms with E-state index >= 15 is 0 Å². The van der Waals surface area contributed by atoms with Crippen molar-refractivity contribution in [2.75, 3.05) is 18.9 Å². The SMILES string of the molecule is CCOP(=O)(OCC)c1c(N)n(Cc2ccccc2)c2ccccc2c1=O. The zero-order valence-electron chi connectivity index (χ0n) is 15.4. The number of nitrogens with zero attached hydrogens (tertiary/aromatic N) is 1. The molecule has 2 aromatic carbocycles. The second-order valence-corrected chi connectivity index (χ2v) is 7.94. The minimum atomic E-state index is -3.84. The van der Waals surface area contributed by atoms with Crippen molar-refractivity contribution in [3.63, 3.8) is 0 Å². The highest BCUT2D eigenvalue weighted by Gasteiger charge is 2.34. The minimum Gasteiger partial charge on any atom is -0.384 e. The smallest absolute Gasteiger partial charge is 0.368 e. The van der Waals surface area contributed by atoms with Crippen molar-refractivity contribution in [3.8, 4) is 0 Å². The Hall–Kier alpha value is -2.40. The summed E-state index contributed by atoms with van der Waals surface area (Å²) in [5, 5.41) is 0.332. The van der Waals surface area contributed by atoms with E-state index in [9.17, 15) is 9.36 Å². The minimum absolute atomic E-state index is 0.0965. The number of para-hydroxylation sites is 1. The van der Waals surface area contributed by atoms with E-state index in [1.165, 1.54) is 0 Å². The van der Waals surface area contributed by atoms with Gasteiger partial charge in [-0.1, -0.05) is 42.5 Å². The van der Waals surface area contributed by atoms with Crippen molar-refractivity contribution in [2.24, 2.45) is 0 Å². The molecule has 142 valence electrons. The predicted octanol–water partition coefficient (Wildman–Crippen LogP) is 3.52. The van der Waals surface area contributed by atoms with Gasteiger partial charge in [0.2, 0.25) is 5.43 Å². The van der Waals surface area contributed by atoms with Crippen LogP contribution in [0.1, 0.15) is 19.4 Å². The maximum absolute atomic E-state index is 13.4. The topological polar surface area (TPSA) is 83.5 Å². The summed E-state index contributed by atoms with van der Waals surface area (Å²) >= 11 is 0. The number of nitrogen functional groups attached to an aromatic ring is 1. The Morgan fingerprint density at radius 2 is 1.56 bits per heavy atom. The summed E-state index contributed by atoms with van der Waals surface area (Å²) in [6.07, 6.45) is 0. The average Bonchev–Trinajstić information content (AvgIpc) is 2.66. The van der Waals surface area contributed by atoms with Crippen molar-refractivity contribution in [3.05, 3.63) is 70.4 Å². The average molecular weight is 386 g/mol. The molecule has 0 aliphatic carbocycles. The maximum atomic E-state index is 13.4. The summed E-state index contributed by atoms with van der Waals surface area (Å²) in [5.41, 5.74) is 7.64. The van der Waals surface area contributed by atoms with Gasteiger partial charge >= 0.3 is 7.60 Å². The van der Waals surface area contributed by atoms with Crippen LogP contribution in [0.3, 0.4) is 0 Å². The molecule has 0 spiro atoms. The fourth-order valence-electron chi connectivity index (χ4n) is 3.11. The van der Waals surface area contributed by atoms with E-state index in [-0.39, 0.29) is 24.3 Å². The van der Waals surface area contributed by atoms with Gasteiger partial charge in [-0.05, 0) is 31.5 Å². The van der Waals surface area contributed by atoms with Crippen molar-refractivity contribution >= 4 is 29.6 Å². The zero-order valence-corrected chi connectivity index (χ0v) is 16.3. The summed E-state index contributed by atoms with van der Waals surface area (Å²) in [5.74, 6) is 0.104. The van der Waals surface area contributed by atoms with Gasteiger partial charge in [-0.2, -0.15) is 0 Å². The molecular formula is C20H23N2O4P. The van der Waals surface area contributed by atoms with Crippen molar-refractivity contribution < 1.29 is 13.6 Å². The summed E-state index contributed by atoms with van der Waals surface area (Å²) in [6, 6.07) is 16.9. The molecule has 0 aliphatic heterocycles. The molecule has 0 saturated heterocycles. The molecule has 1 heterocycles. The Balaban J connectivity index is 2.32. The predicted molar refractivity (Wildman–Crippen MR) is 109 cm³/mol. The van der Waals surface area contributed by atoms with Gasteiger partial charge in [0.1, 0.15) is 5.82 Å². The molecule has 6 nitrogen and oxygen atoms in total. The molecule has 0 saturated carbocycles. The second-order valence-electron chi connectivity index (χ2n) is 5.98. The number of aromatic nitrogens is 1. The summed E-state index contributed by atoms with van der Waals surface area (Å²) in [4.78, 5) is 13.1. The molecule has 0 amide bonds. The van der Waals surface area contributed by atoms with Gasteiger partial charge in [-0.3, -0.25) is 9.36 Å². The highest BCUT2D eigenvalue weighted by atomic mass is 31.2. The number of pyridine rings is 1. The molecular weight excluding hydrogens is 363 g/mol. The van der Waals surface area contributed by atoms with Gasteiger partial charge in [0.15, 0.2) is 5.30 Å². The third-order valence-corrected chi connectivity index (χ3v) is 6.42. The molecule has 27 heavy (non-hydrogen) atoms. The van der Waals surface area contributed by atoms with Crippen LogP contribution < -0.4 is 16.5 Å². The number of fused-ring (bicyclic) bond motifs is 1. The molecule has 0 unspecified atom stereocenters. The second kappa shape index (κ2) is 8.09. The first-order chi connectivity index (χ1) is 13.0. The molecule has 0 radical (unpaired) electrons. The van der Waals surface area contributed by atoms with Crippen molar-refractivity contribution in [1.82, 2.24) is 4.57 Å². The molecule has 3 aromatic rings. The molecule has 1 aromatic heterocycles. The Bertz CT molecular complexity index is 1040. The number of hydrogen-bond donors (Lipinski definition) is 1. The molecule has 0 fully saturated rings. The van der Waals surface area contributed by atoms with Gasteiger partial charge in [0.05, 0.1) is 18.7 Å². The van der Waals surface area contributed by atoms with Gasteiger partial charge < -0.3 is 19.3 Å². The summed E-state index contributed by atoms with van der Waals surface area (Å²) in [6.45, 7) is 4.11. The van der Waals surface area contributed by atoms with Gasteiger partial charge in [-0.25, -0.2) is 0 Å². The number of anilines is 1. The highest BCUT2D eigenvalue weighted by Crippen LogP contribution is 2.47. The first-order valence-corrected chi connectivity index (χ1v) is 10.4. The number of rotatable bonds is 7. The number of hydrogen-bond acceptors (Lipinski definition) is 5. The number of benzene rings is 2. The van der Waals surface area contributed by atoms with E-state index in [2.05, 4.69) is 0 Å². The monoisotopic (exact) mass is 386 g/mol. The van der Waals surface area contributed by atoms with Gasteiger partial charge in [0.25, 0.3) is 0 Å². The lowest BCUT2D eigenvalue weighted by Gasteiger charge is -2.22. The van der Waals surface area contributed by atoms with E-state index in [0.29, 0.717) is 17.4 Å². The normalized spacial score (nSPS) is 11.8. The first-order valence-electron chi connectivity index (χ1n) is 8.86. The lowest BCUT2D eigenvalue weighted by molar-refractivity contribution is 0.230. The Kier molecular flexibility index (Phi) is 5.80. The Morgan fingerprint density at radius 1 is 0.963 bits per heavy atom. The highest BCUT2D eigenvalue weighted by molar-refractivity contribution is 7.62. The van der Waals surface area contributed by atoms with Crippen LogP contribution in [-0.4, -0.2) is 17.8 Å². The molecule has 0 atom stereocenters. The molecule has 7 heteroatoms. The van der Waals surface area contributed by atoms with E-state index in [4.69, 9.17) is 14.8 Å². The quantitative estimate of drug-likeness (QED) is 0.628. The van der Waals surface area contributed by atoms with Crippen LogP contribution in [-0.2, 0) is 20.2 Å². The van der Waals surface area contributed by atoms with E-state index in [0.717, 1.165) is 5.56 Å². The van der Waals surface area contributed by atoms with Crippen molar-refractivity contribution in [2.45, 2.75) is 20.4 Å². The molecule has 0 aliphatic rings. The Labute approximate surface area is 158 Å². The maximum Gasteiger partial charge on any atom is 0.368 e. The van der Waals surface area contributed by atoms with E-state index < -0.39 is 13.0 Å².